The summed E-state index contributed by atoms with van der Waals surface area (Å²) in [4.78, 5) is 24.8. The van der Waals surface area contributed by atoms with Crippen LogP contribution in [-0.4, -0.2) is 53.0 Å². The van der Waals surface area contributed by atoms with Gasteiger partial charge in [0.25, 0.3) is 0 Å². The van der Waals surface area contributed by atoms with Gasteiger partial charge in [0.05, 0.1) is 6.04 Å². The predicted molar refractivity (Wildman–Crippen MR) is 83.3 cm³/mol. The Balaban J connectivity index is 2.07. The van der Waals surface area contributed by atoms with Gasteiger partial charge >= 0.3 is 0 Å². The summed E-state index contributed by atoms with van der Waals surface area (Å²) in [5.41, 5.74) is 6.37. The molecule has 2 rings (SSSR count). The molecule has 1 aliphatic rings. The second kappa shape index (κ2) is 6.39. The van der Waals surface area contributed by atoms with Crippen LogP contribution in [0.15, 0.2) is 6.07 Å². The van der Waals surface area contributed by atoms with E-state index in [0.717, 1.165) is 43.5 Å². The van der Waals surface area contributed by atoms with Gasteiger partial charge in [-0.3, -0.25) is 9.69 Å². The lowest BCUT2D eigenvalue weighted by molar-refractivity contribution is -0.122. The zero-order chi connectivity index (χ0) is 15.6. The van der Waals surface area contributed by atoms with E-state index in [9.17, 15) is 4.79 Å². The molecule has 1 aromatic rings. The number of aryl methyl sites for hydroxylation is 1. The first-order valence-electron chi connectivity index (χ1n) is 7.52. The Labute approximate surface area is 126 Å². The lowest BCUT2D eigenvalue weighted by atomic mass is 10.2. The number of primary amides is 1. The normalized spacial score (nSPS) is 18.0. The van der Waals surface area contributed by atoms with Crippen LogP contribution in [-0.2, 0) is 4.79 Å². The minimum Gasteiger partial charge on any atom is -0.368 e. The number of nitrogens with two attached hydrogens (primary N) is 1. The molecule has 116 valence electrons. The van der Waals surface area contributed by atoms with Gasteiger partial charge < -0.3 is 10.6 Å². The summed E-state index contributed by atoms with van der Waals surface area (Å²) >= 11 is 0. The Morgan fingerprint density at radius 1 is 1.19 bits per heavy atom. The molecule has 1 fully saturated rings. The molecular formula is C15H25N5O. The fourth-order valence-corrected chi connectivity index (χ4v) is 2.51. The van der Waals surface area contributed by atoms with Crippen LogP contribution in [0.5, 0.6) is 0 Å². The summed E-state index contributed by atoms with van der Waals surface area (Å²) in [6, 6.07) is 1.82. The maximum atomic E-state index is 11.3. The molecule has 0 aliphatic carbocycles. The van der Waals surface area contributed by atoms with Crippen LogP contribution in [0.2, 0.25) is 0 Å². The van der Waals surface area contributed by atoms with Crippen molar-refractivity contribution in [2.45, 2.75) is 39.7 Å². The maximum absolute atomic E-state index is 11.3. The van der Waals surface area contributed by atoms with Crippen LogP contribution in [0.25, 0.3) is 0 Å². The molecule has 1 aromatic heterocycles. The van der Waals surface area contributed by atoms with Gasteiger partial charge in [0.1, 0.15) is 11.6 Å². The first kappa shape index (κ1) is 15.7. The van der Waals surface area contributed by atoms with E-state index in [1.807, 2.05) is 19.9 Å². The Hall–Kier alpha value is -1.69. The van der Waals surface area contributed by atoms with Gasteiger partial charge in [0, 0.05) is 43.9 Å². The number of carbonyl (C=O) groups is 1. The lowest BCUT2D eigenvalue weighted by Crippen LogP contribution is -2.53. The van der Waals surface area contributed by atoms with E-state index in [2.05, 4.69) is 33.6 Å². The van der Waals surface area contributed by atoms with Crippen LogP contribution in [0.3, 0.4) is 0 Å². The fourth-order valence-electron chi connectivity index (χ4n) is 2.51. The molecule has 21 heavy (non-hydrogen) atoms. The zero-order valence-electron chi connectivity index (χ0n) is 13.3. The summed E-state index contributed by atoms with van der Waals surface area (Å²) < 4.78 is 0. The number of amides is 1. The third-order valence-corrected chi connectivity index (χ3v) is 3.97. The average Bonchev–Trinajstić information content (AvgIpc) is 2.45. The lowest BCUT2D eigenvalue weighted by Gasteiger charge is -2.37. The summed E-state index contributed by atoms with van der Waals surface area (Å²) in [7, 11) is 0. The van der Waals surface area contributed by atoms with E-state index < -0.39 is 0 Å². The van der Waals surface area contributed by atoms with Crippen LogP contribution in [0, 0.1) is 6.92 Å². The van der Waals surface area contributed by atoms with Crippen LogP contribution >= 0.6 is 0 Å². The van der Waals surface area contributed by atoms with Crippen molar-refractivity contribution in [1.29, 1.82) is 0 Å². The molecule has 2 N–H and O–H groups in total. The zero-order valence-corrected chi connectivity index (χ0v) is 13.3. The number of carbonyl (C=O) groups excluding carboxylic acids is 1. The van der Waals surface area contributed by atoms with Crippen molar-refractivity contribution >= 4 is 11.7 Å². The van der Waals surface area contributed by atoms with Crippen molar-refractivity contribution in [2.75, 3.05) is 31.1 Å². The number of aromatic nitrogens is 2. The largest absolute Gasteiger partial charge is 0.368 e. The Kier molecular flexibility index (Phi) is 4.77. The van der Waals surface area contributed by atoms with Gasteiger partial charge in [-0.05, 0) is 13.8 Å². The van der Waals surface area contributed by atoms with Crippen LogP contribution < -0.4 is 10.6 Å². The van der Waals surface area contributed by atoms with Gasteiger partial charge in [-0.2, -0.15) is 0 Å². The topological polar surface area (TPSA) is 75.3 Å². The van der Waals surface area contributed by atoms with Gasteiger partial charge in [0.15, 0.2) is 0 Å². The molecule has 2 heterocycles. The quantitative estimate of drug-likeness (QED) is 0.892. The van der Waals surface area contributed by atoms with Crippen LogP contribution in [0.4, 0.5) is 5.82 Å². The molecule has 6 heteroatoms. The van der Waals surface area contributed by atoms with E-state index in [0.29, 0.717) is 5.92 Å². The number of nitrogens with zero attached hydrogens (tertiary/aromatic N) is 4. The maximum Gasteiger partial charge on any atom is 0.234 e. The minimum atomic E-state index is -0.261. The van der Waals surface area contributed by atoms with Gasteiger partial charge in [-0.1, -0.05) is 13.8 Å². The monoisotopic (exact) mass is 291 g/mol. The smallest absolute Gasteiger partial charge is 0.234 e. The molecule has 6 nitrogen and oxygen atoms in total. The summed E-state index contributed by atoms with van der Waals surface area (Å²) in [5, 5.41) is 0. The molecule has 1 atom stereocenters. The summed E-state index contributed by atoms with van der Waals surface area (Å²) in [6.45, 7) is 11.4. The van der Waals surface area contributed by atoms with Crippen molar-refractivity contribution in [3.05, 3.63) is 17.6 Å². The average molecular weight is 291 g/mol. The number of hydrogen-bond acceptors (Lipinski definition) is 5. The highest BCUT2D eigenvalue weighted by molar-refractivity contribution is 5.79. The highest BCUT2D eigenvalue weighted by atomic mass is 16.1. The van der Waals surface area contributed by atoms with Gasteiger partial charge in [-0.15, -0.1) is 0 Å². The third kappa shape index (κ3) is 3.69. The number of piperazine rings is 1. The number of rotatable bonds is 4. The van der Waals surface area contributed by atoms with E-state index in [1.165, 1.54) is 0 Å². The first-order valence-corrected chi connectivity index (χ1v) is 7.52. The molecule has 1 aliphatic heterocycles. The van der Waals surface area contributed by atoms with Crippen molar-refractivity contribution in [3.63, 3.8) is 0 Å². The van der Waals surface area contributed by atoms with E-state index in [-0.39, 0.29) is 11.9 Å². The third-order valence-electron chi connectivity index (χ3n) is 3.97. The predicted octanol–water partition coefficient (Wildman–Crippen LogP) is 0.904. The van der Waals surface area contributed by atoms with Crippen molar-refractivity contribution < 1.29 is 4.79 Å². The SMILES string of the molecule is Cc1cc(N2CCN([C@H](C)C(N)=O)CC2)nc(C(C)C)n1. The molecule has 0 spiro atoms. The second-order valence-electron chi connectivity index (χ2n) is 5.98. The highest BCUT2D eigenvalue weighted by Gasteiger charge is 2.25. The Bertz CT molecular complexity index is 509. The molecular weight excluding hydrogens is 266 g/mol. The molecule has 0 unspecified atom stereocenters. The molecule has 0 saturated carbocycles. The van der Waals surface area contributed by atoms with Gasteiger partial charge in [-0.25, -0.2) is 9.97 Å². The molecule has 0 aromatic carbocycles. The van der Waals surface area contributed by atoms with Gasteiger partial charge in [0.2, 0.25) is 5.91 Å². The van der Waals surface area contributed by atoms with Crippen molar-refractivity contribution in [3.8, 4) is 0 Å². The molecule has 0 radical (unpaired) electrons. The summed E-state index contributed by atoms with van der Waals surface area (Å²) in [5.74, 6) is 1.93. The first-order chi connectivity index (χ1) is 9.88. The van der Waals surface area contributed by atoms with Crippen LogP contribution in [0.1, 0.15) is 38.2 Å². The van der Waals surface area contributed by atoms with Crippen molar-refractivity contribution in [2.24, 2.45) is 5.73 Å². The van der Waals surface area contributed by atoms with E-state index in [4.69, 9.17) is 5.73 Å². The summed E-state index contributed by atoms with van der Waals surface area (Å²) in [6.07, 6.45) is 0. The van der Waals surface area contributed by atoms with E-state index in [1.54, 1.807) is 0 Å². The number of hydrogen-bond donors (Lipinski definition) is 1. The Morgan fingerprint density at radius 2 is 1.81 bits per heavy atom. The molecule has 1 amide bonds. The second-order valence-corrected chi connectivity index (χ2v) is 5.98. The van der Waals surface area contributed by atoms with Crippen molar-refractivity contribution in [1.82, 2.24) is 14.9 Å². The Morgan fingerprint density at radius 3 is 2.33 bits per heavy atom. The standard InChI is InChI=1S/C15H25N5O/c1-10(2)15-17-11(3)9-13(18-15)20-7-5-19(6-8-20)12(4)14(16)21/h9-10,12H,5-8H2,1-4H3,(H2,16,21)/t12-/m1/s1. The molecule has 1 saturated heterocycles. The molecule has 0 bridgehead atoms. The fraction of sp³-hybridized carbons (Fsp3) is 0.667. The minimum absolute atomic E-state index is 0.203. The highest BCUT2D eigenvalue weighted by Crippen LogP contribution is 2.19. The van der Waals surface area contributed by atoms with E-state index >= 15 is 0 Å². The number of anilines is 1.